The van der Waals surface area contributed by atoms with Crippen LogP contribution in [0.4, 0.5) is 5.69 Å². The van der Waals surface area contributed by atoms with E-state index < -0.39 is 11.0 Å². The smallest absolute Gasteiger partial charge is 0.229 e. The maximum absolute atomic E-state index is 12.9. The zero-order valence-electron chi connectivity index (χ0n) is 17.0. The van der Waals surface area contributed by atoms with Gasteiger partial charge in [0.25, 0.3) is 0 Å². The second-order valence-corrected chi connectivity index (χ2v) is 8.83. The van der Waals surface area contributed by atoms with E-state index in [4.69, 9.17) is 9.15 Å². The average molecular weight is 428 g/mol. The van der Waals surface area contributed by atoms with Crippen molar-refractivity contribution < 1.29 is 18.5 Å². The standard InChI is InChI=1S/C22H25N3O4S/c1-16(2)29-18-4-6-19(7-5-18)30(27)25-12-10-24(11-13-25)17-3-8-20(21(26)15-17)22-23-9-14-28-22/h3-9,14-16,26H,10-13H2,1-2H3. The summed E-state index contributed by atoms with van der Waals surface area (Å²) in [6.45, 7) is 6.73. The van der Waals surface area contributed by atoms with Gasteiger partial charge in [0, 0.05) is 37.9 Å². The number of rotatable bonds is 6. The third kappa shape index (κ3) is 4.49. The molecule has 30 heavy (non-hydrogen) atoms. The van der Waals surface area contributed by atoms with Gasteiger partial charge < -0.3 is 19.2 Å². The minimum atomic E-state index is -1.21. The van der Waals surface area contributed by atoms with Crippen LogP contribution in [0, 0.1) is 0 Å². The van der Waals surface area contributed by atoms with E-state index in [2.05, 4.69) is 9.88 Å². The predicted molar refractivity (Wildman–Crippen MR) is 116 cm³/mol. The lowest BCUT2D eigenvalue weighted by atomic mass is 10.1. The molecule has 4 rings (SSSR count). The van der Waals surface area contributed by atoms with Crippen LogP contribution in [0.15, 0.2) is 64.2 Å². The molecular formula is C22H25N3O4S. The topological polar surface area (TPSA) is 79.0 Å². The highest BCUT2D eigenvalue weighted by Gasteiger charge is 2.23. The van der Waals surface area contributed by atoms with Crippen LogP contribution in [-0.2, 0) is 11.0 Å². The first kappa shape index (κ1) is 20.4. The Kier molecular flexibility index (Phi) is 6.06. The molecular weight excluding hydrogens is 402 g/mol. The van der Waals surface area contributed by atoms with Gasteiger partial charge in [-0.15, -0.1) is 0 Å². The number of anilines is 1. The SMILES string of the molecule is CC(C)Oc1ccc(S(=O)N2CCN(c3ccc(-c4ncco4)c(O)c3)CC2)cc1. The molecule has 0 aliphatic carbocycles. The van der Waals surface area contributed by atoms with Crippen molar-refractivity contribution >= 4 is 16.7 Å². The lowest BCUT2D eigenvalue weighted by molar-refractivity contribution is 0.242. The normalized spacial score (nSPS) is 16.0. The molecule has 8 heteroatoms. The van der Waals surface area contributed by atoms with Crippen molar-refractivity contribution in [2.45, 2.75) is 24.8 Å². The largest absolute Gasteiger partial charge is 0.507 e. The Morgan fingerprint density at radius 2 is 1.83 bits per heavy atom. The third-order valence-corrected chi connectivity index (χ3v) is 6.39. The molecule has 0 amide bonds. The number of phenolic OH excluding ortho intramolecular Hbond substituents is 1. The Hall–Kier alpha value is -2.84. The van der Waals surface area contributed by atoms with E-state index >= 15 is 0 Å². The summed E-state index contributed by atoms with van der Waals surface area (Å²) in [5, 5.41) is 10.4. The summed E-state index contributed by atoms with van der Waals surface area (Å²) in [5.74, 6) is 1.30. The number of piperazine rings is 1. The van der Waals surface area contributed by atoms with Crippen LogP contribution in [0.25, 0.3) is 11.5 Å². The van der Waals surface area contributed by atoms with Crippen molar-refractivity contribution in [1.29, 1.82) is 0 Å². The number of benzene rings is 2. The van der Waals surface area contributed by atoms with Crippen molar-refractivity contribution in [3.05, 3.63) is 54.9 Å². The number of aromatic nitrogens is 1. The van der Waals surface area contributed by atoms with Gasteiger partial charge in [-0.2, -0.15) is 0 Å². The number of aromatic hydroxyl groups is 1. The lowest BCUT2D eigenvalue weighted by Crippen LogP contribution is -2.46. The molecule has 1 aliphatic heterocycles. The fraction of sp³-hybridized carbons (Fsp3) is 0.318. The molecule has 7 nitrogen and oxygen atoms in total. The van der Waals surface area contributed by atoms with Gasteiger partial charge in [-0.25, -0.2) is 13.5 Å². The highest BCUT2D eigenvalue weighted by Crippen LogP contribution is 2.32. The summed E-state index contributed by atoms with van der Waals surface area (Å²) >= 11 is 0. The minimum Gasteiger partial charge on any atom is -0.507 e. The number of nitrogens with zero attached hydrogens (tertiary/aromatic N) is 3. The molecule has 158 valence electrons. The first-order valence-electron chi connectivity index (χ1n) is 9.92. The Morgan fingerprint density at radius 1 is 1.10 bits per heavy atom. The first-order chi connectivity index (χ1) is 14.5. The molecule has 1 fully saturated rings. The quantitative estimate of drug-likeness (QED) is 0.647. The van der Waals surface area contributed by atoms with E-state index in [0.29, 0.717) is 24.5 Å². The van der Waals surface area contributed by atoms with E-state index in [1.54, 1.807) is 12.3 Å². The maximum Gasteiger partial charge on any atom is 0.229 e. The van der Waals surface area contributed by atoms with Crippen molar-refractivity contribution in [3.8, 4) is 23.0 Å². The van der Waals surface area contributed by atoms with Crippen LogP contribution in [-0.4, -0.2) is 50.9 Å². The number of phenols is 1. The summed E-state index contributed by atoms with van der Waals surface area (Å²) < 4.78 is 25.8. The van der Waals surface area contributed by atoms with Crippen LogP contribution in [0.1, 0.15) is 13.8 Å². The minimum absolute atomic E-state index is 0.110. The van der Waals surface area contributed by atoms with Crippen molar-refractivity contribution in [1.82, 2.24) is 9.29 Å². The van der Waals surface area contributed by atoms with Crippen LogP contribution < -0.4 is 9.64 Å². The van der Waals surface area contributed by atoms with Gasteiger partial charge in [0.2, 0.25) is 5.89 Å². The van der Waals surface area contributed by atoms with Gasteiger partial charge in [0.1, 0.15) is 28.7 Å². The van der Waals surface area contributed by atoms with Gasteiger partial charge >= 0.3 is 0 Å². The summed E-state index contributed by atoms with van der Waals surface area (Å²) in [6, 6.07) is 12.9. The van der Waals surface area contributed by atoms with Crippen LogP contribution >= 0.6 is 0 Å². The molecule has 3 aromatic rings. The summed E-state index contributed by atoms with van der Waals surface area (Å²) in [4.78, 5) is 7.02. The summed E-state index contributed by atoms with van der Waals surface area (Å²) in [6.07, 6.45) is 3.14. The van der Waals surface area contributed by atoms with E-state index in [9.17, 15) is 9.32 Å². The number of oxazole rings is 1. The van der Waals surface area contributed by atoms with Crippen molar-refractivity contribution in [2.75, 3.05) is 31.1 Å². The van der Waals surface area contributed by atoms with E-state index in [1.807, 2.05) is 54.6 Å². The average Bonchev–Trinajstić information content (AvgIpc) is 3.28. The third-order valence-electron chi connectivity index (χ3n) is 4.88. The van der Waals surface area contributed by atoms with E-state index in [1.165, 1.54) is 6.26 Å². The second-order valence-electron chi connectivity index (χ2n) is 7.34. The molecule has 2 heterocycles. The molecule has 0 radical (unpaired) electrons. The fourth-order valence-corrected chi connectivity index (χ4v) is 4.58. The van der Waals surface area contributed by atoms with Crippen LogP contribution in [0.3, 0.4) is 0 Å². The van der Waals surface area contributed by atoms with Gasteiger partial charge in [-0.3, -0.25) is 0 Å². The molecule has 0 saturated carbocycles. The highest BCUT2D eigenvalue weighted by molar-refractivity contribution is 7.82. The zero-order valence-corrected chi connectivity index (χ0v) is 17.8. The molecule has 1 atom stereocenters. The number of ether oxygens (including phenoxy) is 1. The van der Waals surface area contributed by atoms with Crippen LogP contribution in [0.5, 0.6) is 11.5 Å². The van der Waals surface area contributed by atoms with E-state index in [-0.39, 0.29) is 11.9 Å². The molecule has 2 aromatic carbocycles. The maximum atomic E-state index is 12.9. The Bertz CT molecular complexity index is 998. The van der Waals surface area contributed by atoms with Gasteiger partial charge in [-0.05, 0) is 50.2 Å². The van der Waals surface area contributed by atoms with Crippen molar-refractivity contribution in [2.24, 2.45) is 0 Å². The Balaban J connectivity index is 1.38. The van der Waals surface area contributed by atoms with Gasteiger partial charge in [-0.1, -0.05) is 0 Å². The van der Waals surface area contributed by atoms with Gasteiger partial charge in [0.05, 0.1) is 22.8 Å². The number of hydrogen-bond acceptors (Lipinski definition) is 6. The molecule has 1 saturated heterocycles. The zero-order chi connectivity index (χ0) is 21.1. The Morgan fingerprint density at radius 3 is 2.43 bits per heavy atom. The monoisotopic (exact) mass is 427 g/mol. The molecule has 0 bridgehead atoms. The predicted octanol–water partition coefficient (Wildman–Crippen LogP) is 3.68. The van der Waals surface area contributed by atoms with Gasteiger partial charge in [0.15, 0.2) is 0 Å². The molecule has 0 spiro atoms. The lowest BCUT2D eigenvalue weighted by Gasteiger charge is -2.35. The first-order valence-corrected chi connectivity index (χ1v) is 11.0. The van der Waals surface area contributed by atoms with Crippen LogP contribution in [0.2, 0.25) is 0 Å². The Labute approximate surface area is 178 Å². The summed E-state index contributed by atoms with van der Waals surface area (Å²) in [5.41, 5.74) is 1.48. The van der Waals surface area contributed by atoms with E-state index in [0.717, 1.165) is 29.4 Å². The van der Waals surface area contributed by atoms with Crippen molar-refractivity contribution in [3.63, 3.8) is 0 Å². The molecule has 1 N–H and O–H groups in total. The second kappa shape index (κ2) is 8.89. The molecule has 1 aliphatic rings. The highest BCUT2D eigenvalue weighted by atomic mass is 32.2. The molecule has 1 aromatic heterocycles. The number of hydrogen-bond donors (Lipinski definition) is 1. The summed E-state index contributed by atoms with van der Waals surface area (Å²) in [7, 11) is -1.21. The fourth-order valence-electron chi connectivity index (χ4n) is 3.42. The molecule has 1 unspecified atom stereocenters.